The second kappa shape index (κ2) is 7.68. The van der Waals surface area contributed by atoms with Gasteiger partial charge in [0, 0.05) is 18.3 Å². The van der Waals surface area contributed by atoms with Crippen LogP contribution in [-0.2, 0) is 10.0 Å². The summed E-state index contributed by atoms with van der Waals surface area (Å²) in [4.78, 5) is 2.49. The molecule has 1 heterocycles. The SMILES string of the molecule is CC(C)NS(=O)(=O)c1ccc(N)cc1N1CCCCC1c1ccccc1. The number of nitrogen functional groups attached to an aromatic ring is 1. The third kappa shape index (κ3) is 4.02. The number of benzene rings is 2. The van der Waals surface area contributed by atoms with E-state index < -0.39 is 10.0 Å². The lowest BCUT2D eigenvalue weighted by atomic mass is 9.94. The smallest absolute Gasteiger partial charge is 0.242 e. The molecule has 0 aromatic heterocycles. The summed E-state index contributed by atoms with van der Waals surface area (Å²) in [7, 11) is -3.61. The van der Waals surface area contributed by atoms with E-state index >= 15 is 0 Å². The summed E-state index contributed by atoms with van der Waals surface area (Å²) >= 11 is 0. The summed E-state index contributed by atoms with van der Waals surface area (Å²) in [5.74, 6) is 0. The van der Waals surface area contributed by atoms with Gasteiger partial charge < -0.3 is 10.6 Å². The van der Waals surface area contributed by atoms with E-state index in [0.717, 1.165) is 25.8 Å². The van der Waals surface area contributed by atoms with E-state index in [1.165, 1.54) is 5.56 Å². The molecule has 2 aromatic carbocycles. The molecule has 1 unspecified atom stereocenters. The molecule has 1 aliphatic rings. The number of nitrogens with one attached hydrogen (secondary N) is 1. The van der Waals surface area contributed by atoms with Crippen LogP contribution in [0.15, 0.2) is 53.4 Å². The van der Waals surface area contributed by atoms with E-state index in [0.29, 0.717) is 16.3 Å². The molecule has 0 amide bonds. The highest BCUT2D eigenvalue weighted by Crippen LogP contribution is 2.38. The lowest BCUT2D eigenvalue weighted by molar-refractivity contribution is 0.470. The lowest BCUT2D eigenvalue weighted by Crippen LogP contribution is -2.36. The van der Waals surface area contributed by atoms with Gasteiger partial charge in [-0.2, -0.15) is 0 Å². The van der Waals surface area contributed by atoms with E-state index in [4.69, 9.17) is 5.73 Å². The van der Waals surface area contributed by atoms with Gasteiger partial charge in [0.2, 0.25) is 10.0 Å². The van der Waals surface area contributed by atoms with Crippen LogP contribution in [0.3, 0.4) is 0 Å². The van der Waals surface area contributed by atoms with Crippen molar-refractivity contribution in [3.05, 3.63) is 54.1 Å². The number of hydrogen-bond acceptors (Lipinski definition) is 4. The number of nitrogens with two attached hydrogens (primary N) is 1. The van der Waals surface area contributed by atoms with Crippen molar-refractivity contribution in [1.82, 2.24) is 4.72 Å². The maximum atomic E-state index is 12.9. The van der Waals surface area contributed by atoms with Crippen LogP contribution in [0.25, 0.3) is 0 Å². The standard InChI is InChI=1S/C20H27N3O2S/c1-15(2)22-26(24,25)20-12-11-17(21)14-19(20)23-13-7-6-10-18(23)16-8-4-3-5-9-16/h3-5,8-9,11-12,14-15,18,22H,6-7,10,13,21H2,1-2H3. The Bertz CT molecular complexity index is 851. The zero-order valence-corrected chi connectivity index (χ0v) is 16.2. The van der Waals surface area contributed by atoms with Gasteiger partial charge >= 0.3 is 0 Å². The van der Waals surface area contributed by atoms with Crippen molar-refractivity contribution in [2.75, 3.05) is 17.2 Å². The summed E-state index contributed by atoms with van der Waals surface area (Å²) in [5, 5.41) is 0. The Balaban J connectivity index is 2.08. The number of anilines is 2. The molecule has 2 aromatic rings. The molecular weight excluding hydrogens is 346 g/mol. The number of rotatable bonds is 5. The van der Waals surface area contributed by atoms with Crippen molar-refractivity contribution in [1.29, 1.82) is 0 Å². The van der Waals surface area contributed by atoms with Gasteiger partial charge in [0.25, 0.3) is 0 Å². The average Bonchev–Trinajstić information content (AvgIpc) is 2.61. The number of hydrogen-bond donors (Lipinski definition) is 2. The molecule has 1 saturated heterocycles. The molecule has 1 atom stereocenters. The van der Waals surface area contributed by atoms with Crippen LogP contribution >= 0.6 is 0 Å². The largest absolute Gasteiger partial charge is 0.399 e. The molecule has 5 nitrogen and oxygen atoms in total. The van der Waals surface area contributed by atoms with Gasteiger partial charge in [0.15, 0.2) is 0 Å². The van der Waals surface area contributed by atoms with E-state index in [-0.39, 0.29) is 12.1 Å². The predicted octanol–water partition coefficient (Wildman–Crippen LogP) is 3.69. The second-order valence-corrected chi connectivity index (χ2v) is 8.80. The summed E-state index contributed by atoms with van der Waals surface area (Å²) in [6.45, 7) is 4.46. The molecular formula is C20H27N3O2S. The highest BCUT2D eigenvalue weighted by Gasteiger charge is 2.29. The first kappa shape index (κ1) is 18.7. The Morgan fingerprint density at radius 3 is 2.54 bits per heavy atom. The molecule has 140 valence electrons. The Labute approximate surface area is 156 Å². The molecule has 0 saturated carbocycles. The molecule has 1 aliphatic heterocycles. The Morgan fingerprint density at radius 2 is 1.85 bits per heavy atom. The van der Waals surface area contributed by atoms with E-state index in [1.807, 2.05) is 32.0 Å². The molecule has 6 heteroatoms. The maximum Gasteiger partial charge on any atom is 0.242 e. The van der Waals surface area contributed by atoms with Crippen LogP contribution < -0.4 is 15.4 Å². The quantitative estimate of drug-likeness (QED) is 0.784. The summed E-state index contributed by atoms with van der Waals surface area (Å²) in [5.41, 5.74) is 8.48. The van der Waals surface area contributed by atoms with Crippen molar-refractivity contribution in [2.45, 2.75) is 50.1 Å². The van der Waals surface area contributed by atoms with E-state index in [9.17, 15) is 8.42 Å². The normalized spacial score (nSPS) is 18.3. The highest BCUT2D eigenvalue weighted by molar-refractivity contribution is 7.89. The second-order valence-electron chi connectivity index (χ2n) is 7.12. The van der Waals surface area contributed by atoms with Crippen molar-refractivity contribution < 1.29 is 8.42 Å². The summed E-state index contributed by atoms with van der Waals surface area (Å²) in [6.07, 6.45) is 3.16. The van der Waals surface area contributed by atoms with Crippen LogP contribution in [-0.4, -0.2) is 21.0 Å². The zero-order chi connectivity index (χ0) is 18.7. The van der Waals surface area contributed by atoms with Crippen LogP contribution in [0.2, 0.25) is 0 Å². The number of sulfonamides is 1. The lowest BCUT2D eigenvalue weighted by Gasteiger charge is -2.39. The van der Waals surface area contributed by atoms with Crippen molar-refractivity contribution in [3.8, 4) is 0 Å². The molecule has 1 fully saturated rings. The van der Waals surface area contributed by atoms with Gasteiger partial charge in [-0.05, 0) is 56.9 Å². The topological polar surface area (TPSA) is 75.4 Å². The first-order valence-electron chi connectivity index (χ1n) is 9.12. The first-order valence-corrected chi connectivity index (χ1v) is 10.6. The van der Waals surface area contributed by atoms with Gasteiger partial charge in [0.05, 0.1) is 11.7 Å². The molecule has 26 heavy (non-hydrogen) atoms. The maximum absolute atomic E-state index is 12.9. The molecule has 3 N–H and O–H groups in total. The van der Waals surface area contributed by atoms with Crippen LogP contribution in [0.1, 0.15) is 44.7 Å². The third-order valence-corrected chi connectivity index (χ3v) is 6.37. The fourth-order valence-electron chi connectivity index (χ4n) is 3.60. The Kier molecular flexibility index (Phi) is 5.53. The minimum atomic E-state index is -3.61. The van der Waals surface area contributed by atoms with Crippen LogP contribution in [0, 0.1) is 0 Å². The monoisotopic (exact) mass is 373 g/mol. The van der Waals surface area contributed by atoms with Gasteiger partial charge in [-0.1, -0.05) is 30.3 Å². The van der Waals surface area contributed by atoms with Gasteiger partial charge in [-0.25, -0.2) is 13.1 Å². The van der Waals surface area contributed by atoms with Crippen molar-refractivity contribution in [3.63, 3.8) is 0 Å². The minimum absolute atomic E-state index is 0.153. The zero-order valence-electron chi connectivity index (χ0n) is 15.4. The highest BCUT2D eigenvalue weighted by atomic mass is 32.2. The van der Waals surface area contributed by atoms with Crippen LogP contribution in [0.5, 0.6) is 0 Å². The number of nitrogens with zero attached hydrogens (tertiary/aromatic N) is 1. The number of piperidine rings is 1. The molecule has 0 aliphatic carbocycles. The Morgan fingerprint density at radius 1 is 1.12 bits per heavy atom. The van der Waals surface area contributed by atoms with E-state index in [1.54, 1.807) is 18.2 Å². The molecule has 0 bridgehead atoms. The fourth-order valence-corrected chi connectivity index (χ4v) is 5.05. The fraction of sp³-hybridized carbons (Fsp3) is 0.400. The molecule has 3 rings (SSSR count). The van der Waals surface area contributed by atoms with Gasteiger partial charge in [-0.3, -0.25) is 0 Å². The molecule has 0 radical (unpaired) electrons. The Hall–Kier alpha value is -2.05. The third-order valence-electron chi connectivity index (χ3n) is 4.66. The average molecular weight is 374 g/mol. The minimum Gasteiger partial charge on any atom is -0.399 e. The van der Waals surface area contributed by atoms with Crippen molar-refractivity contribution in [2.24, 2.45) is 0 Å². The molecule has 0 spiro atoms. The van der Waals surface area contributed by atoms with Gasteiger partial charge in [0.1, 0.15) is 4.90 Å². The summed E-state index contributed by atoms with van der Waals surface area (Å²) in [6, 6.07) is 15.3. The van der Waals surface area contributed by atoms with Crippen LogP contribution in [0.4, 0.5) is 11.4 Å². The van der Waals surface area contributed by atoms with Gasteiger partial charge in [-0.15, -0.1) is 0 Å². The summed E-state index contributed by atoms with van der Waals surface area (Å²) < 4.78 is 28.5. The van der Waals surface area contributed by atoms with Crippen molar-refractivity contribution >= 4 is 21.4 Å². The first-order chi connectivity index (χ1) is 12.4. The van der Waals surface area contributed by atoms with E-state index in [2.05, 4.69) is 21.8 Å². The predicted molar refractivity (Wildman–Crippen MR) is 107 cm³/mol.